The van der Waals surface area contributed by atoms with E-state index in [0.29, 0.717) is 11.6 Å². The van der Waals surface area contributed by atoms with E-state index in [1.165, 1.54) is 7.11 Å². The molecule has 6 heteroatoms. The molecule has 22 heavy (non-hydrogen) atoms. The third-order valence-electron chi connectivity index (χ3n) is 3.51. The lowest BCUT2D eigenvalue weighted by Crippen LogP contribution is -2.36. The van der Waals surface area contributed by atoms with Crippen molar-refractivity contribution < 1.29 is 14.3 Å². The first-order valence-corrected chi connectivity index (χ1v) is 8.26. The Morgan fingerprint density at radius 2 is 2.36 bits per heavy atom. The lowest BCUT2D eigenvalue weighted by molar-refractivity contribution is -0.125. The molecule has 1 aromatic carbocycles. The highest BCUT2D eigenvalue weighted by Gasteiger charge is 2.26. The second kappa shape index (κ2) is 6.69. The van der Waals surface area contributed by atoms with E-state index in [9.17, 15) is 4.79 Å². The molecule has 4 nitrogen and oxygen atoms in total. The quantitative estimate of drug-likeness (QED) is 0.911. The summed E-state index contributed by atoms with van der Waals surface area (Å²) in [7, 11) is 1.49. The number of rotatable bonds is 5. The lowest BCUT2D eigenvalue weighted by atomic mass is 10.0. The van der Waals surface area contributed by atoms with Gasteiger partial charge in [-0.15, -0.1) is 0 Å². The number of halogens is 1. The van der Waals surface area contributed by atoms with Crippen molar-refractivity contribution in [2.45, 2.75) is 12.5 Å². The number of carbonyl (C=O) groups excluding carboxylic acids is 1. The molecule has 2 aromatic rings. The normalized spacial score (nSPS) is 16.2. The monoisotopic (exact) mass is 337 g/mol. The van der Waals surface area contributed by atoms with Crippen LogP contribution in [0, 0.1) is 0 Å². The molecule has 1 aliphatic heterocycles. The van der Waals surface area contributed by atoms with Gasteiger partial charge in [0.2, 0.25) is 5.91 Å². The molecule has 1 amide bonds. The fourth-order valence-corrected chi connectivity index (χ4v) is 3.46. The molecule has 0 unspecified atom stereocenters. The molecular weight excluding hydrogens is 322 g/mol. The van der Waals surface area contributed by atoms with Crippen LogP contribution in [0.5, 0.6) is 5.75 Å². The van der Waals surface area contributed by atoms with Gasteiger partial charge in [-0.1, -0.05) is 11.6 Å². The first-order chi connectivity index (χ1) is 10.7. The van der Waals surface area contributed by atoms with Gasteiger partial charge in [0.05, 0.1) is 11.6 Å². The molecule has 1 aliphatic rings. The van der Waals surface area contributed by atoms with Crippen molar-refractivity contribution >= 4 is 28.8 Å². The molecule has 1 aromatic heterocycles. The van der Waals surface area contributed by atoms with Crippen molar-refractivity contribution in [3.63, 3.8) is 0 Å². The molecule has 1 atom stereocenters. The van der Waals surface area contributed by atoms with Crippen molar-refractivity contribution in [3.8, 4) is 16.9 Å². The van der Waals surface area contributed by atoms with Crippen LogP contribution >= 0.6 is 22.9 Å². The fraction of sp³-hybridized carbons (Fsp3) is 0.312. The van der Waals surface area contributed by atoms with Crippen molar-refractivity contribution in [3.05, 3.63) is 39.5 Å². The number of hydrogen-bond acceptors (Lipinski definition) is 4. The third kappa shape index (κ3) is 3.27. The highest BCUT2D eigenvalue weighted by atomic mass is 35.5. The van der Waals surface area contributed by atoms with Gasteiger partial charge in [0, 0.05) is 19.1 Å². The molecule has 116 valence electrons. The Labute approximate surface area is 138 Å². The summed E-state index contributed by atoms with van der Waals surface area (Å²) in [5.41, 5.74) is 3.34. The maximum absolute atomic E-state index is 11.4. The zero-order chi connectivity index (χ0) is 15.5. The minimum atomic E-state index is -0.146. The van der Waals surface area contributed by atoms with E-state index in [2.05, 4.69) is 22.8 Å². The van der Waals surface area contributed by atoms with Gasteiger partial charge in [0.15, 0.2) is 0 Å². The van der Waals surface area contributed by atoms with E-state index in [-0.39, 0.29) is 18.6 Å². The van der Waals surface area contributed by atoms with E-state index < -0.39 is 0 Å². The van der Waals surface area contributed by atoms with Gasteiger partial charge >= 0.3 is 0 Å². The molecule has 0 bridgehead atoms. The van der Waals surface area contributed by atoms with Crippen molar-refractivity contribution in [2.24, 2.45) is 0 Å². The van der Waals surface area contributed by atoms with Crippen LogP contribution in [-0.4, -0.2) is 32.3 Å². The summed E-state index contributed by atoms with van der Waals surface area (Å²) in [5, 5.41) is 7.54. The minimum Gasteiger partial charge on any atom is -0.486 e. The second-order valence-electron chi connectivity index (χ2n) is 5.14. The summed E-state index contributed by atoms with van der Waals surface area (Å²) in [5.74, 6) is 0.582. The van der Waals surface area contributed by atoms with E-state index in [1.54, 1.807) is 11.3 Å². The number of carbonyl (C=O) groups is 1. The topological polar surface area (TPSA) is 47.6 Å². The predicted molar refractivity (Wildman–Crippen MR) is 87.8 cm³/mol. The summed E-state index contributed by atoms with van der Waals surface area (Å²) >= 11 is 8.00. The molecule has 0 saturated carbocycles. The largest absolute Gasteiger partial charge is 0.486 e. The molecule has 0 fully saturated rings. The van der Waals surface area contributed by atoms with Gasteiger partial charge < -0.3 is 14.8 Å². The Morgan fingerprint density at radius 3 is 3.09 bits per heavy atom. The van der Waals surface area contributed by atoms with E-state index in [0.717, 1.165) is 28.9 Å². The smallest absolute Gasteiger partial charge is 0.246 e. The van der Waals surface area contributed by atoms with Crippen LogP contribution in [0.15, 0.2) is 29.0 Å². The van der Waals surface area contributed by atoms with Crippen molar-refractivity contribution in [1.82, 2.24) is 5.32 Å². The maximum Gasteiger partial charge on any atom is 0.246 e. The van der Waals surface area contributed by atoms with Gasteiger partial charge in [-0.05, 0) is 40.1 Å². The van der Waals surface area contributed by atoms with Gasteiger partial charge in [0.25, 0.3) is 0 Å². The lowest BCUT2D eigenvalue weighted by Gasteiger charge is -2.12. The van der Waals surface area contributed by atoms with Crippen LogP contribution in [-0.2, 0) is 16.0 Å². The zero-order valence-corrected chi connectivity index (χ0v) is 13.7. The standard InChI is InChI=1S/C16H16ClNO3S/c1-20-8-15(19)18-7-13-5-12-4-11(10-2-3-22-9-10)6-14(17)16(12)21-13/h2-4,6,9,13H,5,7-8H2,1H3,(H,18,19)/t13-/m0/s1. The van der Waals surface area contributed by atoms with E-state index in [4.69, 9.17) is 21.1 Å². The van der Waals surface area contributed by atoms with E-state index >= 15 is 0 Å². The number of fused-ring (bicyclic) bond motifs is 1. The fourth-order valence-electron chi connectivity index (χ4n) is 2.51. The molecule has 0 aliphatic carbocycles. The molecule has 0 saturated heterocycles. The summed E-state index contributed by atoms with van der Waals surface area (Å²) in [6.07, 6.45) is 0.645. The van der Waals surface area contributed by atoms with Crippen LogP contribution < -0.4 is 10.1 Å². The van der Waals surface area contributed by atoms with Gasteiger partial charge in [-0.3, -0.25) is 4.79 Å². The van der Waals surface area contributed by atoms with Crippen LogP contribution in [0.4, 0.5) is 0 Å². The van der Waals surface area contributed by atoms with Crippen molar-refractivity contribution in [2.75, 3.05) is 20.3 Å². The predicted octanol–water partition coefficient (Wildman–Crippen LogP) is 3.13. The number of hydrogen-bond donors (Lipinski definition) is 1. The number of nitrogens with one attached hydrogen (secondary N) is 1. The van der Waals surface area contributed by atoms with Gasteiger partial charge in [0.1, 0.15) is 18.5 Å². The SMILES string of the molecule is COCC(=O)NC[C@@H]1Cc2cc(-c3ccsc3)cc(Cl)c2O1. The van der Waals surface area contributed by atoms with Crippen LogP contribution in [0.3, 0.4) is 0 Å². The zero-order valence-electron chi connectivity index (χ0n) is 12.1. The average Bonchev–Trinajstić information content (AvgIpc) is 3.14. The van der Waals surface area contributed by atoms with Crippen LogP contribution in [0.2, 0.25) is 5.02 Å². The molecular formula is C16H16ClNO3S. The molecule has 2 heterocycles. The molecule has 0 radical (unpaired) electrons. The first kappa shape index (κ1) is 15.3. The number of ether oxygens (including phenoxy) is 2. The highest BCUT2D eigenvalue weighted by molar-refractivity contribution is 7.08. The maximum atomic E-state index is 11.4. The third-order valence-corrected chi connectivity index (χ3v) is 4.47. The summed E-state index contributed by atoms with van der Waals surface area (Å²) in [6, 6.07) is 6.11. The van der Waals surface area contributed by atoms with Crippen LogP contribution in [0.1, 0.15) is 5.56 Å². The second-order valence-corrected chi connectivity index (χ2v) is 6.33. The Balaban J connectivity index is 1.70. The Bertz CT molecular complexity index is 672. The Hall–Kier alpha value is -1.56. The number of benzene rings is 1. The van der Waals surface area contributed by atoms with Crippen molar-refractivity contribution in [1.29, 1.82) is 0 Å². The highest BCUT2D eigenvalue weighted by Crippen LogP contribution is 2.39. The van der Waals surface area contributed by atoms with Gasteiger partial charge in [-0.25, -0.2) is 0 Å². The first-order valence-electron chi connectivity index (χ1n) is 6.94. The van der Waals surface area contributed by atoms with Gasteiger partial charge in [-0.2, -0.15) is 11.3 Å². The number of methoxy groups -OCH3 is 1. The molecule has 3 rings (SSSR count). The molecule has 1 N–H and O–H groups in total. The summed E-state index contributed by atoms with van der Waals surface area (Å²) < 4.78 is 10.6. The average molecular weight is 338 g/mol. The number of thiophene rings is 1. The van der Waals surface area contributed by atoms with Crippen LogP contribution in [0.25, 0.3) is 11.1 Å². The van der Waals surface area contributed by atoms with E-state index in [1.807, 2.05) is 11.4 Å². The summed E-state index contributed by atoms with van der Waals surface area (Å²) in [4.78, 5) is 11.4. The molecule has 0 spiro atoms. The Kier molecular flexibility index (Phi) is 4.66. The Morgan fingerprint density at radius 1 is 1.50 bits per heavy atom. The number of amides is 1. The minimum absolute atomic E-state index is 0.0583. The summed E-state index contributed by atoms with van der Waals surface area (Å²) in [6.45, 7) is 0.504.